The van der Waals surface area contributed by atoms with Gasteiger partial charge < -0.3 is 20.3 Å². The molecule has 0 bridgehead atoms. The van der Waals surface area contributed by atoms with Crippen molar-refractivity contribution in [2.24, 2.45) is 0 Å². The van der Waals surface area contributed by atoms with Crippen LogP contribution in [0.2, 0.25) is 0 Å². The van der Waals surface area contributed by atoms with Crippen LogP contribution >= 0.6 is 11.3 Å². The molecule has 0 atom stereocenters. The molecule has 180 valence electrons. The molecule has 1 fully saturated rings. The van der Waals surface area contributed by atoms with Crippen LogP contribution in [0.3, 0.4) is 0 Å². The third-order valence-electron chi connectivity index (χ3n) is 5.47. The van der Waals surface area contributed by atoms with Crippen LogP contribution in [-0.2, 0) is 14.6 Å². The zero-order chi connectivity index (χ0) is 24.4. The maximum absolute atomic E-state index is 11.7. The average Bonchev–Trinajstić information content (AvgIpc) is 3.29. The first-order chi connectivity index (χ1) is 16.8. The van der Waals surface area contributed by atoms with Crippen LogP contribution in [0.1, 0.15) is 6.92 Å². The first-order valence-corrected chi connectivity index (χ1v) is 13.7. The summed E-state index contributed by atoms with van der Waals surface area (Å²) in [5.41, 5.74) is 3.16. The van der Waals surface area contributed by atoms with Crippen molar-refractivity contribution in [1.82, 2.24) is 9.97 Å². The van der Waals surface area contributed by atoms with Crippen LogP contribution in [-0.4, -0.2) is 48.9 Å². The summed E-state index contributed by atoms with van der Waals surface area (Å²) in [6, 6.07) is 16.8. The van der Waals surface area contributed by atoms with Gasteiger partial charge in [-0.2, -0.15) is 4.98 Å². The molecule has 2 aromatic heterocycles. The number of carbonyl (C=O) groups is 1. The van der Waals surface area contributed by atoms with E-state index in [1.165, 1.54) is 18.3 Å². The van der Waals surface area contributed by atoms with Crippen LogP contribution < -0.4 is 20.3 Å². The Hall–Kier alpha value is -3.70. The zero-order valence-electron chi connectivity index (χ0n) is 18.9. The predicted molar refractivity (Wildman–Crippen MR) is 139 cm³/mol. The molecule has 4 aromatic rings. The van der Waals surface area contributed by atoms with E-state index in [-0.39, 0.29) is 17.4 Å². The number of nitrogens with one attached hydrogen (secondary N) is 2. The Morgan fingerprint density at radius 3 is 2.54 bits per heavy atom. The van der Waals surface area contributed by atoms with Gasteiger partial charge in [-0.1, -0.05) is 6.07 Å². The van der Waals surface area contributed by atoms with Gasteiger partial charge in [0.15, 0.2) is 9.84 Å². The third kappa shape index (κ3) is 5.52. The maximum Gasteiger partial charge on any atom is 0.242 e. The molecule has 1 saturated heterocycles. The standard InChI is InChI=1S/C24H23N5O4S2/c1-16(30)25-18-3-2-4-20(15-18)33-23-22-21(9-12-34-22)27-24(28-23)26-17-5-7-19(8-6-17)29-10-13-35(31,32)14-11-29/h2-9,12,15H,10-11,13-14H2,1H3,(H,25,30)(H,26,27,28). The summed E-state index contributed by atoms with van der Waals surface area (Å²) >= 11 is 1.48. The zero-order valence-corrected chi connectivity index (χ0v) is 20.5. The molecule has 0 spiro atoms. The molecule has 35 heavy (non-hydrogen) atoms. The minimum atomic E-state index is -2.92. The topological polar surface area (TPSA) is 114 Å². The van der Waals surface area contributed by atoms with Gasteiger partial charge in [-0.3, -0.25) is 4.79 Å². The highest BCUT2D eigenvalue weighted by Crippen LogP contribution is 2.34. The van der Waals surface area contributed by atoms with Crippen molar-refractivity contribution >= 4 is 60.3 Å². The van der Waals surface area contributed by atoms with Gasteiger partial charge in [0.1, 0.15) is 10.4 Å². The van der Waals surface area contributed by atoms with E-state index in [9.17, 15) is 13.2 Å². The molecule has 0 unspecified atom stereocenters. The molecule has 1 amide bonds. The first-order valence-electron chi connectivity index (χ1n) is 11.0. The lowest BCUT2D eigenvalue weighted by atomic mass is 10.2. The van der Waals surface area contributed by atoms with Gasteiger partial charge in [-0.05, 0) is 47.8 Å². The van der Waals surface area contributed by atoms with E-state index in [1.54, 1.807) is 24.3 Å². The second-order valence-electron chi connectivity index (χ2n) is 8.11. The summed E-state index contributed by atoms with van der Waals surface area (Å²) < 4.78 is 30.3. The number of sulfone groups is 1. The molecule has 9 nitrogen and oxygen atoms in total. The number of rotatable bonds is 6. The molecule has 1 aliphatic heterocycles. The summed E-state index contributed by atoms with van der Waals surface area (Å²) in [7, 11) is -2.92. The minimum absolute atomic E-state index is 0.160. The fourth-order valence-corrected chi connectivity index (χ4v) is 5.73. The van der Waals surface area contributed by atoms with Crippen molar-refractivity contribution in [2.75, 3.05) is 40.1 Å². The summed E-state index contributed by atoms with van der Waals surface area (Å²) in [5.74, 6) is 1.55. The van der Waals surface area contributed by atoms with Gasteiger partial charge in [0.05, 0.1) is 17.0 Å². The number of ether oxygens (including phenoxy) is 1. The fourth-order valence-electron chi connectivity index (χ4n) is 3.77. The van der Waals surface area contributed by atoms with E-state index in [4.69, 9.17) is 4.74 Å². The molecule has 5 rings (SSSR count). The summed E-state index contributed by atoms with van der Waals surface area (Å²) in [6.07, 6.45) is 0. The Kier molecular flexibility index (Phi) is 6.27. The van der Waals surface area contributed by atoms with Gasteiger partial charge in [0.2, 0.25) is 17.7 Å². The van der Waals surface area contributed by atoms with Crippen molar-refractivity contribution in [3.63, 3.8) is 0 Å². The third-order valence-corrected chi connectivity index (χ3v) is 7.98. The van der Waals surface area contributed by atoms with E-state index < -0.39 is 9.84 Å². The smallest absolute Gasteiger partial charge is 0.242 e. The predicted octanol–water partition coefficient (Wildman–Crippen LogP) is 4.42. The Morgan fingerprint density at radius 1 is 1.03 bits per heavy atom. The Morgan fingerprint density at radius 2 is 1.80 bits per heavy atom. The normalized spacial score (nSPS) is 15.1. The lowest BCUT2D eigenvalue weighted by molar-refractivity contribution is -0.114. The van der Waals surface area contributed by atoms with E-state index in [0.717, 1.165) is 21.6 Å². The number of amides is 1. The molecule has 3 heterocycles. The SMILES string of the molecule is CC(=O)Nc1cccc(Oc2nc(Nc3ccc(N4CCS(=O)(=O)CC4)cc3)nc3ccsc23)c1. The molecule has 0 aliphatic carbocycles. The Balaban J connectivity index is 1.35. The molecular formula is C24H23N5O4S2. The number of aromatic nitrogens is 2. The Labute approximate surface area is 206 Å². The highest BCUT2D eigenvalue weighted by Gasteiger charge is 2.21. The number of fused-ring (bicyclic) bond motifs is 1. The average molecular weight is 510 g/mol. The maximum atomic E-state index is 11.7. The highest BCUT2D eigenvalue weighted by molar-refractivity contribution is 7.91. The summed E-state index contributed by atoms with van der Waals surface area (Å²) in [5, 5.41) is 7.90. The monoisotopic (exact) mass is 509 g/mol. The number of anilines is 4. The Bertz CT molecular complexity index is 1470. The molecule has 2 N–H and O–H groups in total. The second-order valence-corrected chi connectivity index (χ2v) is 11.3. The van der Waals surface area contributed by atoms with Gasteiger partial charge in [-0.15, -0.1) is 11.3 Å². The number of hydrogen-bond acceptors (Lipinski definition) is 9. The molecule has 2 aromatic carbocycles. The lowest BCUT2D eigenvalue weighted by Gasteiger charge is -2.28. The van der Waals surface area contributed by atoms with Crippen LogP contribution in [0.25, 0.3) is 10.2 Å². The van der Waals surface area contributed by atoms with E-state index in [0.29, 0.717) is 36.4 Å². The molecular weight excluding hydrogens is 486 g/mol. The van der Waals surface area contributed by atoms with Crippen LogP contribution in [0.15, 0.2) is 60.0 Å². The number of hydrogen-bond donors (Lipinski definition) is 2. The second kappa shape index (κ2) is 9.51. The van der Waals surface area contributed by atoms with Crippen molar-refractivity contribution in [1.29, 1.82) is 0 Å². The van der Waals surface area contributed by atoms with Crippen molar-refractivity contribution in [3.05, 3.63) is 60.0 Å². The number of nitrogens with zero attached hydrogens (tertiary/aromatic N) is 3. The number of benzene rings is 2. The first kappa shape index (κ1) is 23.1. The molecule has 0 radical (unpaired) electrons. The molecule has 1 aliphatic rings. The molecule has 11 heteroatoms. The van der Waals surface area contributed by atoms with E-state index in [2.05, 4.69) is 25.5 Å². The van der Waals surface area contributed by atoms with Gasteiger partial charge in [0.25, 0.3) is 0 Å². The van der Waals surface area contributed by atoms with Crippen molar-refractivity contribution in [2.45, 2.75) is 6.92 Å². The molecule has 0 saturated carbocycles. The van der Waals surface area contributed by atoms with Crippen LogP contribution in [0.4, 0.5) is 23.0 Å². The van der Waals surface area contributed by atoms with Crippen LogP contribution in [0, 0.1) is 0 Å². The quantitative estimate of drug-likeness (QED) is 0.393. The van der Waals surface area contributed by atoms with Gasteiger partial charge in [0, 0.05) is 43.1 Å². The largest absolute Gasteiger partial charge is 0.437 e. The van der Waals surface area contributed by atoms with Gasteiger partial charge in [-0.25, -0.2) is 13.4 Å². The van der Waals surface area contributed by atoms with Crippen molar-refractivity contribution in [3.8, 4) is 11.6 Å². The van der Waals surface area contributed by atoms with Crippen molar-refractivity contribution < 1.29 is 17.9 Å². The summed E-state index contributed by atoms with van der Waals surface area (Å²) in [4.78, 5) is 22.6. The highest BCUT2D eigenvalue weighted by atomic mass is 32.2. The lowest BCUT2D eigenvalue weighted by Crippen LogP contribution is -2.40. The fraction of sp³-hybridized carbons (Fsp3) is 0.208. The van der Waals surface area contributed by atoms with Gasteiger partial charge >= 0.3 is 0 Å². The van der Waals surface area contributed by atoms with E-state index in [1.807, 2.05) is 35.7 Å². The van der Waals surface area contributed by atoms with E-state index >= 15 is 0 Å². The number of carbonyl (C=O) groups excluding carboxylic acids is 1. The number of thiophene rings is 1. The minimum Gasteiger partial charge on any atom is -0.437 e. The summed E-state index contributed by atoms with van der Waals surface area (Å²) in [6.45, 7) is 2.45. The van der Waals surface area contributed by atoms with Crippen LogP contribution in [0.5, 0.6) is 11.6 Å².